The lowest BCUT2D eigenvalue weighted by Gasteiger charge is -2.16. The van der Waals surface area contributed by atoms with Crippen molar-refractivity contribution in [1.82, 2.24) is 9.66 Å². The number of hydrogen-bond donors (Lipinski definition) is 1. The average Bonchev–Trinajstić information content (AvgIpc) is 2.91. The monoisotopic (exact) mass is 579 g/mol. The van der Waals surface area contributed by atoms with Gasteiger partial charge in [0.15, 0.2) is 11.5 Å². The Morgan fingerprint density at radius 1 is 1.11 bits per heavy atom. The molecule has 1 heterocycles. The van der Waals surface area contributed by atoms with Gasteiger partial charge in [-0.05, 0) is 48.0 Å². The molecule has 0 radical (unpaired) electrons. The minimum absolute atomic E-state index is 0.0487. The molecule has 0 fully saturated rings. The van der Waals surface area contributed by atoms with Crippen molar-refractivity contribution in [3.63, 3.8) is 0 Å². The molecule has 0 bridgehead atoms. The zero-order chi connectivity index (χ0) is 27.4. The SMILES string of the molecule is COc1cc(C=Nn2c(C(C)C)nc3ccc(Br)cc3c2=O)cc(OC)c1OCc1cccc(C(=O)O)c1. The number of rotatable bonds is 9. The molecular formula is C28H26BrN3O6. The van der Waals surface area contributed by atoms with E-state index in [0.717, 1.165) is 4.47 Å². The molecule has 10 heteroatoms. The van der Waals surface area contributed by atoms with Gasteiger partial charge in [-0.2, -0.15) is 9.78 Å². The van der Waals surface area contributed by atoms with E-state index in [2.05, 4.69) is 26.0 Å². The summed E-state index contributed by atoms with van der Waals surface area (Å²) in [7, 11) is 3.00. The summed E-state index contributed by atoms with van der Waals surface area (Å²) in [6.45, 7) is 4.00. The zero-order valence-electron chi connectivity index (χ0n) is 21.3. The van der Waals surface area contributed by atoms with Gasteiger partial charge in [-0.1, -0.05) is 41.9 Å². The smallest absolute Gasteiger partial charge is 0.335 e. The van der Waals surface area contributed by atoms with E-state index in [1.165, 1.54) is 31.2 Å². The summed E-state index contributed by atoms with van der Waals surface area (Å²) in [4.78, 5) is 29.2. The molecule has 0 spiro atoms. The quantitative estimate of drug-likeness (QED) is 0.262. The number of aromatic carboxylic acids is 1. The van der Waals surface area contributed by atoms with Crippen molar-refractivity contribution in [2.45, 2.75) is 26.4 Å². The van der Waals surface area contributed by atoms with Crippen LogP contribution in [-0.4, -0.2) is 41.2 Å². The molecule has 4 aromatic rings. The molecule has 0 saturated carbocycles. The van der Waals surface area contributed by atoms with E-state index in [1.54, 1.807) is 42.5 Å². The predicted octanol–water partition coefficient (Wildman–Crippen LogP) is 5.46. The number of carbonyl (C=O) groups is 1. The minimum Gasteiger partial charge on any atom is -0.493 e. The van der Waals surface area contributed by atoms with E-state index < -0.39 is 5.97 Å². The fourth-order valence-electron chi connectivity index (χ4n) is 3.84. The first-order valence-electron chi connectivity index (χ1n) is 11.7. The number of carboxylic acid groups (broad SMARTS) is 1. The molecule has 1 N–H and O–H groups in total. The maximum Gasteiger partial charge on any atom is 0.335 e. The molecule has 0 amide bonds. The Morgan fingerprint density at radius 3 is 2.45 bits per heavy atom. The van der Waals surface area contributed by atoms with Crippen LogP contribution in [0.2, 0.25) is 0 Å². The molecule has 9 nitrogen and oxygen atoms in total. The van der Waals surface area contributed by atoms with Crippen LogP contribution in [0.25, 0.3) is 10.9 Å². The molecule has 38 heavy (non-hydrogen) atoms. The fraction of sp³-hybridized carbons (Fsp3) is 0.214. The highest BCUT2D eigenvalue weighted by atomic mass is 79.9. The Labute approximate surface area is 227 Å². The first-order valence-corrected chi connectivity index (χ1v) is 12.5. The van der Waals surface area contributed by atoms with Crippen LogP contribution >= 0.6 is 15.9 Å². The van der Waals surface area contributed by atoms with Crippen molar-refractivity contribution < 1.29 is 24.1 Å². The molecule has 0 saturated heterocycles. The molecule has 3 aromatic carbocycles. The van der Waals surface area contributed by atoms with Crippen molar-refractivity contribution in [3.05, 3.63) is 91.9 Å². The Hall–Kier alpha value is -4.18. The molecule has 1 aromatic heterocycles. The molecule has 0 aliphatic rings. The topological polar surface area (TPSA) is 112 Å². The second-order valence-corrected chi connectivity index (χ2v) is 9.61. The predicted molar refractivity (Wildman–Crippen MR) is 148 cm³/mol. The Morgan fingerprint density at radius 2 is 1.82 bits per heavy atom. The number of benzene rings is 3. The van der Waals surface area contributed by atoms with Crippen LogP contribution in [-0.2, 0) is 6.61 Å². The van der Waals surface area contributed by atoms with Gasteiger partial charge in [0.2, 0.25) is 5.75 Å². The van der Waals surface area contributed by atoms with E-state index >= 15 is 0 Å². The summed E-state index contributed by atoms with van der Waals surface area (Å²) in [5, 5.41) is 14.2. The fourth-order valence-corrected chi connectivity index (χ4v) is 4.20. The third kappa shape index (κ3) is 5.70. The van der Waals surface area contributed by atoms with Gasteiger partial charge in [-0.3, -0.25) is 4.79 Å². The van der Waals surface area contributed by atoms with Crippen LogP contribution in [0.1, 0.15) is 47.1 Å². The number of nitrogens with zero attached hydrogens (tertiary/aromatic N) is 3. The molecule has 0 aliphatic heterocycles. The van der Waals surface area contributed by atoms with E-state index in [4.69, 9.17) is 14.2 Å². The van der Waals surface area contributed by atoms with Crippen LogP contribution in [0.4, 0.5) is 0 Å². The number of carboxylic acids is 1. The van der Waals surface area contributed by atoms with Crippen molar-refractivity contribution in [2.24, 2.45) is 5.10 Å². The summed E-state index contributed by atoms with van der Waals surface area (Å²) < 4.78 is 19.1. The highest BCUT2D eigenvalue weighted by Crippen LogP contribution is 2.38. The summed E-state index contributed by atoms with van der Waals surface area (Å²) >= 11 is 3.41. The molecule has 4 rings (SSSR count). The summed E-state index contributed by atoms with van der Waals surface area (Å²) in [5.41, 5.74) is 1.78. The Kier molecular flexibility index (Phi) is 8.11. The highest BCUT2D eigenvalue weighted by molar-refractivity contribution is 9.10. The minimum atomic E-state index is -1.01. The zero-order valence-corrected chi connectivity index (χ0v) is 22.9. The lowest BCUT2D eigenvalue weighted by Crippen LogP contribution is -2.23. The molecular weight excluding hydrogens is 554 g/mol. The Balaban J connectivity index is 1.69. The number of fused-ring (bicyclic) bond motifs is 1. The highest BCUT2D eigenvalue weighted by Gasteiger charge is 2.16. The number of aromatic nitrogens is 2. The van der Waals surface area contributed by atoms with Gasteiger partial charge in [-0.25, -0.2) is 9.78 Å². The summed E-state index contributed by atoms with van der Waals surface area (Å²) in [6.07, 6.45) is 1.53. The van der Waals surface area contributed by atoms with E-state index in [9.17, 15) is 14.7 Å². The lowest BCUT2D eigenvalue weighted by molar-refractivity contribution is 0.0696. The van der Waals surface area contributed by atoms with Gasteiger partial charge in [0.25, 0.3) is 5.56 Å². The van der Waals surface area contributed by atoms with Gasteiger partial charge in [0.05, 0.1) is 36.9 Å². The lowest BCUT2D eigenvalue weighted by atomic mass is 10.1. The van der Waals surface area contributed by atoms with Crippen LogP contribution in [0.15, 0.2) is 69.0 Å². The van der Waals surface area contributed by atoms with Gasteiger partial charge in [-0.15, -0.1) is 0 Å². The molecule has 196 valence electrons. The second-order valence-electron chi connectivity index (χ2n) is 8.70. The second kappa shape index (κ2) is 11.5. The van der Waals surface area contributed by atoms with Crippen LogP contribution < -0.4 is 19.8 Å². The first kappa shape index (κ1) is 26.9. The molecule has 0 aliphatic carbocycles. The van der Waals surface area contributed by atoms with Gasteiger partial charge < -0.3 is 19.3 Å². The van der Waals surface area contributed by atoms with E-state index in [-0.39, 0.29) is 23.6 Å². The van der Waals surface area contributed by atoms with E-state index in [0.29, 0.717) is 45.1 Å². The number of ether oxygens (including phenoxy) is 3. The summed E-state index contributed by atoms with van der Waals surface area (Å²) in [6, 6.07) is 15.3. The average molecular weight is 580 g/mol. The van der Waals surface area contributed by atoms with Crippen LogP contribution in [0.5, 0.6) is 17.2 Å². The number of methoxy groups -OCH3 is 2. The van der Waals surface area contributed by atoms with Gasteiger partial charge >= 0.3 is 5.97 Å². The van der Waals surface area contributed by atoms with Crippen molar-refractivity contribution in [3.8, 4) is 17.2 Å². The van der Waals surface area contributed by atoms with Gasteiger partial charge in [0, 0.05) is 16.0 Å². The standard InChI is InChI=1S/C28H26BrN3O6/c1-16(2)26-31-22-9-8-20(29)13-21(22)27(33)32(26)30-14-18-11-23(36-3)25(24(12-18)37-4)38-15-17-6-5-7-19(10-17)28(34)35/h5-14,16H,15H2,1-4H3,(H,34,35). The maximum atomic E-state index is 13.3. The summed E-state index contributed by atoms with van der Waals surface area (Å²) in [5.74, 6) is 0.593. The largest absolute Gasteiger partial charge is 0.493 e. The third-order valence-electron chi connectivity index (χ3n) is 5.71. The number of hydrogen-bond acceptors (Lipinski definition) is 7. The number of halogens is 1. The third-order valence-corrected chi connectivity index (χ3v) is 6.21. The van der Waals surface area contributed by atoms with Crippen LogP contribution in [0.3, 0.4) is 0 Å². The molecule has 0 unspecified atom stereocenters. The van der Waals surface area contributed by atoms with E-state index in [1.807, 2.05) is 19.9 Å². The molecule has 0 atom stereocenters. The van der Waals surface area contributed by atoms with Crippen LogP contribution in [0, 0.1) is 0 Å². The normalized spacial score (nSPS) is 11.3. The van der Waals surface area contributed by atoms with Crippen molar-refractivity contribution in [1.29, 1.82) is 0 Å². The maximum absolute atomic E-state index is 13.3. The first-order chi connectivity index (χ1) is 18.2. The Bertz CT molecular complexity index is 1570. The van der Waals surface area contributed by atoms with Gasteiger partial charge in [0.1, 0.15) is 12.4 Å². The van der Waals surface area contributed by atoms with Crippen molar-refractivity contribution in [2.75, 3.05) is 14.2 Å². The van der Waals surface area contributed by atoms with Crippen molar-refractivity contribution >= 4 is 39.0 Å².